The van der Waals surface area contributed by atoms with E-state index in [0.717, 1.165) is 5.75 Å². The van der Waals surface area contributed by atoms with Crippen molar-refractivity contribution in [2.45, 2.75) is 48.2 Å². The maximum atomic E-state index is 12.1. The standard InChI is InChI=1S/C16H22O5S/c1-20-12-3-2-4-13(9-12)21-8-7-16(17)10-14-5-6-15(11-16)22(14,18)19/h2-4,9,14-15,17H,5-8,10-11H2,1H3. The fourth-order valence-electron chi connectivity index (χ4n) is 3.59. The van der Waals surface area contributed by atoms with Crippen molar-refractivity contribution >= 4 is 9.84 Å². The van der Waals surface area contributed by atoms with Gasteiger partial charge in [-0.3, -0.25) is 0 Å². The molecule has 0 aromatic heterocycles. The van der Waals surface area contributed by atoms with Crippen LogP contribution in [0.25, 0.3) is 0 Å². The van der Waals surface area contributed by atoms with Gasteiger partial charge in [-0.2, -0.15) is 0 Å². The fourth-order valence-corrected chi connectivity index (χ4v) is 6.15. The Kier molecular flexibility index (Phi) is 4.07. The van der Waals surface area contributed by atoms with E-state index in [4.69, 9.17) is 9.47 Å². The first-order chi connectivity index (χ1) is 10.4. The largest absolute Gasteiger partial charge is 0.497 e. The average Bonchev–Trinajstić information content (AvgIpc) is 2.66. The molecule has 5 nitrogen and oxygen atoms in total. The van der Waals surface area contributed by atoms with Crippen LogP contribution in [0.5, 0.6) is 11.5 Å². The van der Waals surface area contributed by atoms with Crippen LogP contribution in [0.2, 0.25) is 0 Å². The minimum Gasteiger partial charge on any atom is -0.497 e. The molecule has 2 aliphatic rings. The van der Waals surface area contributed by atoms with Crippen LogP contribution in [-0.4, -0.2) is 43.3 Å². The zero-order valence-corrected chi connectivity index (χ0v) is 13.5. The zero-order valence-electron chi connectivity index (χ0n) is 12.7. The number of ether oxygens (including phenoxy) is 2. The van der Waals surface area contributed by atoms with E-state index in [1.807, 2.05) is 18.2 Å². The molecule has 2 aliphatic heterocycles. The second-order valence-electron chi connectivity index (χ2n) is 6.32. The predicted octanol–water partition coefficient (Wildman–Crippen LogP) is 1.93. The first-order valence-electron chi connectivity index (χ1n) is 7.65. The number of hydrogen-bond acceptors (Lipinski definition) is 5. The van der Waals surface area contributed by atoms with Crippen molar-refractivity contribution in [3.63, 3.8) is 0 Å². The molecule has 2 saturated heterocycles. The molecule has 0 aliphatic carbocycles. The average molecular weight is 326 g/mol. The molecular formula is C16H22O5S. The summed E-state index contributed by atoms with van der Waals surface area (Å²) in [6, 6.07) is 7.31. The summed E-state index contributed by atoms with van der Waals surface area (Å²) in [4.78, 5) is 0. The Hall–Kier alpha value is -1.27. The van der Waals surface area contributed by atoms with Gasteiger partial charge in [0, 0.05) is 12.5 Å². The minimum absolute atomic E-state index is 0.341. The van der Waals surface area contributed by atoms with Gasteiger partial charge in [-0.05, 0) is 37.8 Å². The molecule has 0 saturated carbocycles. The van der Waals surface area contributed by atoms with Crippen molar-refractivity contribution in [1.82, 2.24) is 0 Å². The van der Waals surface area contributed by atoms with Gasteiger partial charge in [-0.1, -0.05) is 6.07 Å². The summed E-state index contributed by atoms with van der Waals surface area (Å²) < 4.78 is 34.9. The normalized spacial score (nSPS) is 32.6. The predicted molar refractivity (Wildman–Crippen MR) is 83.0 cm³/mol. The van der Waals surface area contributed by atoms with E-state index in [0.29, 0.717) is 44.5 Å². The van der Waals surface area contributed by atoms with E-state index in [1.165, 1.54) is 0 Å². The Morgan fingerprint density at radius 2 is 1.86 bits per heavy atom. The molecule has 122 valence electrons. The summed E-state index contributed by atoms with van der Waals surface area (Å²) in [6.45, 7) is 0.364. The maximum absolute atomic E-state index is 12.1. The molecule has 1 aromatic rings. The summed E-state index contributed by atoms with van der Waals surface area (Å²) in [5.41, 5.74) is -0.921. The third kappa shape index (κ3) is 2.94. The topological polar surface area (TPSA) is 72.8 Å². The van der Waals surface area contributed by atoms with Crippen molar-refractivity contribution in [2.75, 3.05) is 13.7 Å². The minimum atomic E-state index is -3.00. The molecule has 2 fully saturated rings. The Balaban J connectivity index is 1.58. The van der Waals surface area contributed by atoms with Crippen LogP contribution in [0.4, 0.5) is 0 Å². The van der Waals surface area contributed by atoms with E-state index in [9.17, 15) is 13.5 Å². The Morgan fingerprint density at radius 1 is 1.23 bits per heavy atom. The molecule has 0 radical (unpaired) electrons. The van der Waals surface area contributed by atoms with Crippen LogP contribution in [-0.2, 0) is 9.84 Å². The Morgan fingerprint density at radius 3 is 2.50 bits per heavy atom. The summed E-state index contributed by atoms with van der Waals surface area (Å²) in [7, 11) is -1.41. The van der Waals surface area contributed by atoms with Gasteiger partial charge in [0.2, 0.25) is 0 Å². The van der Waals surface area contributed by atoms with Gasteiger partial charge in [0.25, 0.3) is 0 Å². The number of methoxy groups -OCH3 is 1. The maximum Gasteiger partial charge on any atom is 0.156 e. The van der Waals surface area contributed by atoms with Gasteiger partial charge >= 0.3 is 0 Å². The summed E-state index contributed by atoms with van der Waals surface area (Å²) in [6.07, 6.45) is 2.51. The lowest BCUT2D eigenvalue weighted by Gasteiger charge is -2.36. The van der Waals surface area contributed by atoms with Crippen LogP contribution in [0, 0.1) is 0 Å². The van der Waals surface area contributed by atoms with Crippen LogP contribution in [0.1, 0.15) is 32.1 Å². The first-order valence-corrected chi connectivity index (χ1v) is 9.26. The molecule has 2 bridgehead atoms. The lowest BCUT2D eigenvalue weighted by Crippen LogP contribution is -2.45. The number of aliphatic hydroxyl groups is 1. The van der Waals surface area contributed by atoms with E-state index < -0.39 is 15.4 Å². The molecule has 2 atom stereocenters. The third-order valence-corrected chi connectivity index (χ3v) is 7.50. The monoisotopic (exact) mass is 326 g/mol. The highest BCUT2D eigenvalue weighted by Gasteiger charge is 2.52. The van der Waals surface area contributed by atoms with E-state index in [2.05, 4.69) is 0 Å². The quantitative estimate of drug-likeness (QED) is 0.895. The Bertz CT molecular complexity index is 620. The number of hydrogen-bond donors (Lipinski definition) is 1. The molecule has 2 unspecified atom stereocenters. The Labute approximate surface area is 131 Å². The van der Waals surface area contributed by atoms with Crippen LogP contribution < -0.4 is 9.47 Å². The second-order valence-corrected chi connectivity index (χ2v) is 8.83. The van der Waals surface area contributed by atoms with Gasteiger partial charge < -0.3 is 14.6 Å². The summed E-state index contributed by atoms with van der Waals surface area (Å²) in [5.74, 6) is 1.41. The van der Waals surface area contributed by atoms with Crippen LogP contribution in [0.3, 0.4) is 0 Å². The molecule has 2 heterocycles. The van der Waals surface area contributed by atoms with Crippen molar-refractivity contribution in [2.24, 2.45) is 0 Å². The van der Waals surface area contributed by atoms with Gasteiger partial charge in [0.15, 0.2) is 9.84 Å². The molecule has 6 heteroatoms. The third-order valence-electron chi connectivity index (χ3n) is 4.83. The van der Waals surface area contributed by atoms with Crippen LogP contribution in [0.15, 0.2) is 24.3 Å². The smallest absolute Gasteiger partial charge is 0.156 e. The number of benzene rings is 1. The molecular weight excluding hydrogens is 304 g/mol. The van der Waals surface area contributed by atoms with Crippen molar-refractivity contribution in [3.05, 3.63) is 24.3 Å². The van der Waals surface area contributed by atoms with Crippen molar-refractivity contribution < 1.29 is 23.0 Å². The van der Waals surface area contributed by atoms with Crippen molar-refractivity contribution in [3.8, 4) is 11.5 Å². The zero-order chi connectivity index (χ0) is 15.8. The molecule has 0 amide bonds. The second kappa shape index (κ2) is 5.74. The highest BCUT2D eigenvalue weighted by molar-refractivity contribution is 7.93. The number of fused-ring (bicyclic) bond motifs is 2. The summed E-state index contributed by atoms with van der Waals surface area (Å²) in [5, 5.41) is 9.96. The lowest BCUT2D eigenvalue weighted by molar-refractivity contribution is 0.00211. The van der Waals surface area contributed by atoms with E-state index in [1.54, 1.807) is 13.2 Å². The highest BCUT2D eigenvalue weighted by atomic mass is 32.2. The van der Waals surface area contributed by atoms with E-state index in [-0.39, 0.29) is 10.5 Å². The summed E-state index contributed by atoms with van der Waals surface area (Å²) >= 11 is 0. The SMILES string of the molecule is COc1cccc(OCCC2(O)CC3CCC(C2)S3(=O)=O)c1. The number of sulfone groups is 1. The van der Waals surface area contributed by atoms with Gasteiger partial charge in [0.05, 0.1) is 29.8 Å². The van der Waals surface area contributed by atoms with Gasteiger partial charge in [0.1, 0.15) is 11.5 Å². The molecule has 1 N–H and O–H groups in total. The molecule has 0 spiro atoms. The van der Waals surface area contributed by atoms with Crippen molar-refractivity contribution in [1.29, 1.82) is 0 Å². The molecule has 3 rings (SSSR count). The van der Waals surface area contributed by atoms with Crippen LogP contribution >= 0.6 is 0 Å². The number of rotatable bonds is 5. The first kappa shape index (κ1) is 15.6. The molecule has 22 heavy (non-hydrogen) atoms. The molecule has 1 aromatic carbocycles. The highest BCUT2D eigenvalue weighted by Crippen LogP contribution is 2.44. The van der Waals surface area contributed by atoms with Gasteiger partial charge in [-0.15, -0.1) is 0 Å². The fraction of sp³-hybridized carbons (Fsp3) is 0.625. The van der Waals surface area contributed by atoms with Gasteiger partial charge in [-0.25, -0.2) is 8.42 Å². The van der Waals surface area contributed by atoms with E-state index >= 15 is 0 Å². The lowest BCUT2D eigenvalue weighted by atomic mass is 9.90.